The van der Waals surface area contributed by atoms with Crippen LogP contribution in [0.2, 0.25) is 0 Å². The van der Waals surface area contributed by atoms with Crippen molar-refractivity contribution in [2.45, 2.75) is 44.6 Å². The maximum Gasteiger partial charge on any atom is 0.0485 e. The molecule has 2 heteroatoms. The third-order valence-electron chi connectivity index (χ3n) is 3.92. The number of hydrogen-bond donors (Lipinski definition) is 1. The average Bonchev–Trinajstić information content (AvgIpc) is 2.65. The van der Waals surface area contributed by atoms with Crippen LogP contribution >= 0.6 is 0 Å². The van der Waals surface area contributed by atoms with Crippen molar-refractivity contribution in [1.82, 2.24) is 0 Å². The molecular weight excluding hydrogens is 210 g/mol. The third-order valence-corrected chi connectivity index (χ3v) is 3.92. The molecule has 1 heterocycles. The fourth-order valence-electron chi connectivity index (χ4n) is 2.95. The van der Waals surface area contributed by atoms with Gasteiger partial charge < -0.3 is 10.1 Å². The highest BCUT2D eigenvalue weighted by Gasteiger charge is 2.14. The average molecular weight is 231 g/mol. The maximum atomic E-state index is 5.50. The zero-order valence-electron chi connectivity index (χ0n) is 10.4. The summed E-state index contributed by atoms with van der Waals surface area (Å²) >= 11 is 0. The number of hydrogen-bond acceptors (Lipinski definition) is 2. The molecule has 1 saturated heterocycles. The molecule has 0 spiro atoms. The Kier molecular flexibility index (Phi) is 3.32. The lowest BCUT2D eigenvalue weighted by Crippen LogP contribution is -2.19. The molecule has 1 aromatic carbocycles. The second kappa shape index (κ2) is 5.09. The van der Waals surface area contributed by atoms with Crippen LogP contribution in [-0.4, -0.2) is 19.3 Å². The van der Waals surface area contributed by atoms with Gasteiger partial charge in [0.25, 0.3) is 0 Å². The van der Waals surface area contributed by atoms with Crippen molar-refractivity contribution in [3.63, 3.8) is 0 Å². The molecule has 0 saturated carbocycles. The smallest absolute Gasteiger partial charge is 0.0485 e. The van der Waals surface area contributed by atoms with Crippen molar-refractivity contribution in [1.29, 1.82) is 0 Å². The number of aryl methyl sites for hydroxylation is 2. The molecule has 1 N–H and O–H groups in total. The van der Waals surface area contributed by atoms with Gasteiger partial charge in [0, 0.05) is 24.9 Å². The molecule has 1 fully saturated rings. The van der Waals surface area contributed by atoms with Crippen molar-refractivity contribution >= 4 is 5.69 Å². The predicted molar refractivity (Wildman–Crippen MR) is 70.5 cm³/mol. The first-order valence-corrected chi connectivity index (χ1v) is 6.88. The summed E-state index contributed by atoms with van der Waals surface area (Å²) in [6.07, 6.45) is 7.42. The summed E-state index contributed by atoms with van der Waals surface area (Å²) in [7, 11) is 0. The minimum atomic E-state index is 0.594. The van der Waals surface area contributed by atoms with Crippen molar-refractivity contribution in [2.75, 3.05) is 18.5 Å². The summed E-state index contributed by atoms with van der Waals surface area (Å²) < 4.78 is 5.50. The summed E-state index contributed by atoms with van der Waals surface area (Å²) in [6.45, 7) is 1.84. The molecule has 3 rings (SSSR count). The molecule has 2 aliphatic rings. The Balaban J connectivity index is 1.67. The van der Waals surface area contributed by atoms with E-state index in [1.165, 1.54) is 37.8 Å². The number of benzene rings is 1. The Labute approximate surface area is 103 Å². The molecule has 1 aliphatic heterocycles. The Bertz CT molecular complexity index is 381. The molecule has 0 aromatic heterocycles. The van der Waals surface area contributed by atoms with Gasteiger partial charge in [-0.05, 0) is 61.8 Å². The van der Waals surface area contributed by atoms with E-state index >= 15 is 0 Å². The van der Waals surface area contributed by atoms with E-state index in [4.69, 9.17) is 4.74 Å². The Hall–Kier alpha value is -1.02. The van der Waals surface area contributed by atoms with Crippen molar-refractivity contribution in [3.05, 3.63) is 29.3 Å². The van der Waals surface area contributed by atoms with Gasteiger partial charge >= 0.3 is 0 Å². The van der Waals surface area contributed by atoms with Crippen LogP contribution in [0, 0.1) is 0 Å². The molecule has 0 amide bonds. The van der Waals surface area contributed by atoms with E-state index in [9.17, 15) is 0 Å². The predicted octanol–water partition coefficient (Wildman–Crippen LogP) is 3.16. The molecule has 92 valence electrons. The lowest BCUT2D eigenvalue weighted by atomic mass is 10.1. The third kappa shape index (κ3) is 2.63. The van der Waals surface area contributed by atoms with Crippen LogP contribution in [0.15, 0.2) is 18.2 Å². The highest BCUT2D eigenvalue weighted by Crippen LogP contribution is 2.26. The van der Waals surface area contributed by atoms with Crippen LogP contribution in [0.4, 0.5) is 5.69 Å². The second-order valence-corrected chi connectivity index (χ2v) is 5.22. The minimum Gasteiger partial charge on any atom is -0.382 e. The van der Waals surface area contributed by atoms with Gasteiger partial charge in [0.15, 0.2) is 0 Å². The normalized spacial score (nSPS) is 24.1. The first kappa shape index (κ1) is 11.1. The lowest BCUT2D eigenvalue weighted by molar-refractivity contribution is 0.144. The first-order valence-electron chi connectivity index (χ1n) is 6.88. The van der Waals surface area contributed by atoms with Crippen LogP contribution < -0.4 is 5.32 Å². The van der Waals surface area contributed by atoms with Crippen molar-refractivity contribution in [2.24, 2.45) is 0 Å². The molecule has 1 aromatic rings. The molecular formula is C15H21NO. The van der Waals surface area contributed by atoms with Gasteiger partial charge in [0.2, 0.25) is 0 Å². The van der Waals surface area contributed by atoms with Gasteiger partial charge in [0.1, 0.15) is 0 Å². The van der Waals surface area contributed by atoms with E-state index < -0.39 is 0 Å². The summed E-state index contributed by atoms with van der Waals surface area (Å²) in [6, 6.07) is 7.50. The van der Waals surface area contributed by atoms with Gasteiger partial charge in [-0.25, -0.2) is 0 Å². The van der Waals surface area contributed by atoms with E-state index in [0.717, 1.165) is 19.6 Å². The van der Waals surface area contributed by atoms with E-state index in [0.29, 0.717) is 6.04 Å². The van der Waals surface area contributed by atoms with Crippen LogP contribution in [0.1, 0.15) is 36.8 Å². The summed E-state index contributed by atoms with van der Waals surface area (Å²) in [5.41, 5.74) is 4.41. The van der Waals surface area contributed by atoms with Crippen LogP contribution in [0.3, 0.4) is 0 Å². The van der Waals surface area contributed by atoms with Crippen molar-refractivity contribution < 1.29 is 4.74 Å². The monoisotopic (exact) mass is 231 g/mol. The summed E-state index contributed by atoms with van der Waals surface area (Å²) in [5.74, 6) is 0. The zero-order valence-corrected chi connectivity index (χ0v) is 10.4. The van der Waals surface area contributed by atoms with Gasteiger partial charge in [-0.1, -0.05) is 6.07 Å². The Morgan fingerprint density at radius 2 is 1.94 bits per heavy atom. The molecule has 2 nitrogen and oxygen atoms in total. The molecule has 0 radical (unpaired) electrons. The van der Waals surface area contributed by atoms with Crippen molar-refractivity contribution in [3.8, 4) is 0 Å². The lowest BCUT2D eigenvalue weighted by Gasteiger charge is -2.17. The van der Waals surface area contributed by atoms with Gasteiger partial charge in [0.05, 0.1) is 0 Å². The first-order chi connectivity index (χ1) is 8.42. The topological polar surface area (TPSA) is 21.3 Å². The number of fused-ring (bicyclic) bond motifs is 1. The minimum absolute atomic E-state index is 0.594. The molecule has 1 aliphatic carbocycles. The van der Waals surface area contributed by atoms with E-state index in [-0.39, 0.29) is 0 Å². The molecule has 1 atom stereocenters. The Morgan fingerprint density at radius 3 is 2.94 bits per heavy atom. The summed E-state index contributed by atoms with van der Waals surface area (Å²) in [5, 5.41) is 3.67. The number of rotatable bonds is 2. The van der Waals surface area contributed by atoms with E-state index in [2.05, 4.69) is 23.5 Å². The highest BCUT2D eigenvalue weighted by molar-refractivity contribution is 5.50. The standard InChI is InChI=1S/C15H21NO/c1-3-12-6-7-15(11-13(12)4-1)16-14-5-2-9-17-10-8-14/h6-7,11,14,16H,1-5,8-10H2. The van der Waals surface area contributed by atoms with E-state index in [1.807, 2.05) is 0 Å². The van der Waals surface area contributed by atoms with Crippen LogP contribution in [0.5, 0.6) is 0 Å². The Morgan fingerprint density at radius 1 is 1.00 bits per heavy atom. The largest absolute Gasteiger partial charge is 0.382 e. The van der Waals surface area contributed by atoms with Crippen LogP contribution in [0.25, 0.3) is 0 Å². The van der Waals surface area contributed by atoms with E-state index in [1.54, 1.807) is 11.1 Å². The quantitative estimate of drug-likeness (QED) is 0.844. The fourth-order valence-corrected chi connectivity index (χ4v) is 2.95. The molecule has 1 unspecified atom stereocenters. The molecule has 17 heavy (non-hydrogen) atoms. The maximum absolute atomic E-state index is 5.50. The zero-order chi connectivity index (χ0) is 11.5. The highest BCUT2D eigenvalue weighted by atomic mass is 16.5. The number of nitrogens with one attached hydrogen (secondary N) is 1. The molecule has 0 bridgehead atoms. The number of ether oxygens (including phenoxy) is 1. The van der Waals surface area contributed by atoms with Crippen LogP contribution in [-0.2, 0) is 17.6 Å². The number of anilines is 1. The van der Waals surface area contributed by atoms with Gasteiger partial charge in [-0.3, -0.25) is 0 Å². The second-order valence-electron chi connectivity index (χ2n) is 5.22. The summed E-state index contributed by atoms with van der Waals surface area (Å²) in [4.78, 5) is 0. The SMILES string of the molecule is c1cc2c(cc1NC1CCCOCC1)CCC2. The van der Waals surface area contributed by atoms with Gasteiger partial charge in [-0.2, -0.15) is 0 Å². The van der Waals surface area contributed by atoms with Gasteiger partial charge in [-0.15, -0.1) is 0 Å². The fraction of sp³-hybridized carbons (Fsp3) is 0.600.